The maximum absolute atomic E-state index is 14.9. The van der Waals surface area contributed by atoms with Crippen LogP contribution in [0.5, 0.6) is 0 Å². The molecule has 30 heavy (non-hydrogen) atoms. The third kappa shape index (κ3) is 3.49. The number of aliphatic imine (C=N–C) groups is 1. The van der Waals surface area contributed by atoms with Crippen LogP contribution in [-0.2, 0) is 25.1 Å². The van der Waals surface area contributed by atoms with Crippen LogP contribution in [0.25, 0.3) is 0 Å². The molecule has 0 atom stereocenters. The standard InChI is InChI=1S/C20H13F5N4O/c21-19(22,13-7-2-1-3-8-13)16-10-15-17(18(30)26-16)27-28-29(15)11-12-6-4-5-9-14(12)20(23,24)25/h1-9H,10-11H2. The number of amides is 1. The van der Waals surface area contributed by atoms with Gasteiger partial charge in [-0.2, -0.15) is 22.0 Å². The Morgan fingerprint density at radius 3 is 2.30 bits per heavy atom. The number of hydrogen-bond acceptors (Lipinski definition) is 3. The summed E-state index contributed by atoms with van der Waals surface area (Å²) in [5, 5.41) is 7.36. The normalized spacial score (nSPS) is 14.4. The van der Waals surface area contributed by atoms with Crippen molar-refractivity contribution in [3.63, 3.8) is 0 Å². The lowest BCUT2D eigenvalue weighted by Gasteiger charge is -2.22. The van der Waals surface area contributed by atoms with E-state index in [2.05, 4.69) is 15.3 Å². The molecule has 0 unspecified atom stereocenters. The van der Waals surface area contributed by atoms with Crippen molar-refractivity contribution in [2.75, 3.05) is 0 Å². The molecule has 2 aromatic carbocycles. The Morgan fingerprint density at radius 1 is 0.933 bits per heavy atom. The molecule has 0 saturated heterocycles. The van der Waals surface area contributed by atoms with E-state index in [1.54, 1.807) is 6.07 Å². The summed E-state index contributed by atoms with van der Waals surface area (Å²) in [6.45, 7) is -0.379. The predicted molar refractivity (Wildman–Crippen MR) is 96.4 cm³/mol. The summed E-state index contributed by atoms with van der Waals surface area (Å²) in [6.07, 6.45) is -5.07. The number of halogens is 5. The lowest BCUT2D eigenvalue weighted by molar-refractivity contribution is -0.138. The van der Waals surface area contributed by atoms with E-state index in [0.29, 0.717) is 0 Å². The zero-order valence-corrected chi connectivity index (χ0v) is 15.2. The van der Waals surface area contributed by atoms with Crippen LogP contribution >= 0.6 is 0 Å². The molecular formula is C20H13F5N4O. The number of benzene rings is 2. The predicted octanol–water partition coefficient (Wildman–Crippen LogP) is 4.27. The highest BCUT2D eigenvalue weighted by Crippen LogP contribution is 2.35. The van der Waals surface area contributed by atoms with E-state index in [-0.39, 0.29) is 29.1 Å². The van der Waals surface area contributed by atoms with Crippen LogP contribution < -0.4 is 0 Å². The van der Waals surface area contributed by atoms with Crippen LogP contribution in [0.2, 0.25) is 0 Å². The largest absolute Gasteiger partial charge is 0.416 e. The van der Waals surface area contributed by atoms with Crippen LogP contribution in [0.4, 0.5) is 22.0 Å². The van der Waals surface area contributed by atoms with Crippen LogP contribution in [0.15, 0.2) is 59.6 Å². The minimum Gasteiger partial charge on any atom is -0.265 e. The minimum absolute atomic E-state index is 0.00224. The van der Waals surface area contributed by atoms with Crippen molar-refractivity contribution >= 4 is 11.6 Å². The average Bonchev–Trinajstić information content (AvgIpc) is 3.12. The summed E-state index contributed by atoms with van der Waals surface area (Å²) in [4.78, 5) is 15.7. The molecule has 0 radical (unpaired) electrons. The molecular weight excluding hydrogens is 407 g/mol. The SMILES string of the molecule is O=C1N=C(C(F)(F)c2ccccc2)Cc2c1nnn2Cc1ccccc1C(F)(F)F. The molecule has 0 N–H and O–H groups in total. The van der Waals surface area contributed by atoms with Gasteiger partial charge in [-0.05, 0) is 11.6 Å². The molecule has 0 saturated carbocycles. The van der Waals surface area contributed by atoms with Gasteiger partial charge < -0.3 is 0 Å². The zero-order chi connectivity index (χ0) is 21.5. The van der Waals surface area contributed by atoms with Crippen molar-refractivity contribution in [2.24, 2.45) is 4.99 Å². The number of carbonyl (C=O) groups excluding carboxylic acids is 1. The van der Waals surface area contributed by atoms with Gasteiger partial charge in [0.15, 0.2) is 5.69 Å². The summed E-state index contributed by atoms with van der Waals surface area (Å²) in [6, 6.07) is 11.7. The highest BCUT2D eigenvalue weighted by molar-refractivity contribution is 6.10. The lowest BCUT2D eigenvalue weighted by Crippen LogP contribution is -2.33. The van der Waals surface area contributed by atoms with E-state index in [1.807, 2.05) is 0 Å². The Morgan fingerprint density at radius 2 is 1.60 bits per heavy atom. The van der Waals surface area contributed by atoms with Gasteiger partial charge in [0.05, 0.1) is 17.8 Å². The second-order valence-electron chi connectivity index (χ2n) is 6.68. The van der Waals surface area contributed by atoms with Crippen LogP contribution in [-0.4, -0.2) is 26.6 Å². The van der Waals surface area contributed by atoms with E-state index in [0.717, 1.165) is 10.7 Å². The topological polar surface area (TPSA) is 60.1 Å². The fourth-order valence-electron chi connectivity index (χ4n) is 3.27. The third-order valence-corrected chi connectivity index (χ3v) is 4.75. The molecule has 0 aliphatic carbocycles. The maximum atomic E-state index is 14.9. The molecule has 0 spiro atoms. The van der Waals surface area contributed by atoms with E-state index < -0.39 is 35.7 Å². The Kier molecular flexibility index (Phi) is 4.71. The quantitative estimate of drug-likeness (QED) is 0.593. The minimum atomic E-state index is -4.60. The zero-order valence-electron chi connectivity index (χ0n) is 15.2. The number of alkyl halides is 5. The fraction of sp³-hybridized carbons (Fsp3) is 0.200. The van der Waals surface area contributed by atoms with Gasteiger partial charge in [0.2, 0.25) is 0 Å². The first-order valence-electron chi connectivity index (χ1n) is 8.81. The Hall–Kier alpha value is -3.43. The second kappa shape index (κ2) is 7.12. The Labute approximate surface area is 166 Å². The number of nitrogens with zero attached hydrogens (tertiary/aromatic N) is 4. The van der Waals surface area contributed by atoms with Gasteiger partial charge in [0.1, 0.15) is 5.71 Å². The van der Waals surface area contributed by atoms with E-state index >= 15 is 0 Å². The first kappa shape index (κ1) is 19.9. The van der Waals surface area contributed by atoms with Crippen LogP contribution in [0, 0.1) is 0 Å². The van der Waals surface area contributed by atoms with E-state index in [4.69, 9.17) is 0 Å². The maximum Gasteiger partial charge on any atom is 0.416 e. The van der Waals surface area contributed by atoms with E-state index in [1.165, 1.54) is 42.5 Å². The molecule has 1 aliphatic heterocycles. The number of rotatable bonds is 4. The van der Waals surface area contributed by atoms with Gasteiger partial charge in [-0.15, -0.1) is 5.10 Å². The third-order valence-electron chi connectivity index (χ3n) is 4.75. The summed E-state index contributed by atoms with van der Waals surface area (Å²) >= 11 is 0. The average molecular weight is 420 g/mol. The number of hydrogen-bond donors (Lipinski definition) is 0. The molecule has 1 amide bonds. The van der Waals surface area contributed by atoms with Crippen molar-refractivity contribution < 1.29 is 26.7 Å². The first-order chi connectivity index (χ1) is 14.2. The summed E-state index contributed by atoms with van der Waals surface area (Å²) < 4.78 is 70.7. The molecule has 10 heteroatoms. The number of carbonyl (C=O) groups is 1. The lowest BCUT2D eigenvalue weighted by atomic mass is 9.97. The molecule has 154 valence electrons. The van der Waals surface area contributed by atoms with Crippen molar-refractivity contribution in [3.05, 3.63) is 82.7 Å². The monoisotopic (exact) mass is 420 g/mol. The van der Waals surface area contributed by atoms with Crippen LogP contribution in [0.3, 0.4) is 0 Å². The Bertz CT molecular complexity index is 1140. The second-order valence-corrected chi connectivity index (χ2v) is 6.68. The first-order valence-corrected chi connectivity index (χ1v) is 8.81. The summed E-state index contributed by atoms with van der Waals surface area (Å²) in [7, 11) is 0. The fourth-order valence-corrected chi connectivity index (χ4v) is 3.27. The molecule has 3 aromatic rings. The Balaban J connectivity index is 1.69. The molecule has 5 nitrogen and oxygen atoms in total. The van der Waals surface area contributed by atoms with Crippen molar-refractivity contribution in [3.8, 4) is 0 Å². The molecule has 1 aromatic heterocycles. The molecule has 0 bridgehead atoms. The van der Waals surface area contributed by atoms with Gasteiger partial charge in [-0.3, -0.25) is 4.79 Å². The van der Waals surface area contributed by atoms with Crippen molar-refractivity contribution in [1.82, 2.24) is 15.0 Å². The molecule has 0 fully saturated rings. The van der Waals surface area contributed by atoms with Gasteiger partial charge in [-0.25, -0.2) is 9.67 Å². The summed E-state index contributed by atoms with van der Waals surface area (Å²) in [5.41, 5.74) is -2.30. The molecule has 1 aliphatic rings. The molecule has 2 heterocycles. The van der Waals surface area contributed by atoms with Gasteiger partial charge in [-0.1, -0.05) is 53.7 Å². The smallest absolute Gasteiger partial charge is 0.265 e. The van der Waals surface area contributed by atoms with Gasteiger partial charge in [0.25, 0.3) is 5.91 Å². The van der Waals surface area contributed by atoms with Gasteiger partial charge >= 0.3 is 12.1 Å². The van der Waals surface area contributed by atoms with E-state index in [9.17, 15) is 26.7 Å². The molecule has 4 rings (SSSR count). The highest BCUT2D eigenvalue weighted by atomic mass is 19.4. The van der Waals surface area contributed by atoms with Crippen LogP contribution in [0.1, 0.15) is 32.9 Å². The van der Waals surface area contributed by atoms with Crippen molar-refractivity contribution in [1.29, 1.82) is 0 Å². The summed E-state index contributed by atoms with van der Waals surface area (Å²) in [5.74, 6) is -4.54. The van der Waals surface area contributed by atoms with Crippen molar-refractivity contribution in [2.45, 2.75) is 25.1 Å². The van der Waals surface area contributed by atoms with Gasteiger partial charge in [0, 0.05) is 12.0 Å². The highest BCUT2D eigenvalue weighted by Gasteiger charge is 2.42. The number of fused-ring (bicyclic) bond motifs is 1. The number of aromatic nitrogens is 3.